The highest BCUT2D eigenvalue weighted by Gasteiger charge is 2.31. The molecule has 0 spiro atoms. The first-order chi connectivity index (χ1) is 8.13. The van der Waals surface area contributed by atoms with Gasteiger partial charge in [-0.3, -0.25) is 4.90 Å². The monoisotopic (exact) mass is 316 g/mol. The normalized spacial score (nSPS) is 28.2. The van der Waals surface area contributed by atoms with Gasteiger partial charge in [-0.25, -0.2) is 0 Å². The Hall–Kier alpha value is 0.1000. The number of piperidine rings is 1. The number of hydrogen-bond acceptors (Lipinski definition) is 3. The van der Waals surface area contributed by atoms with E-state index in [0.717, 1.165) is 12.5 Å². The Bertz CT molecular complexity index is 366. The second-order valence-electron chi connectivity index (χ2n) is 5.00. The molecule has 1 aliphatic rings. The highest BCUT2D eigenvalue weighted by atomic mass is 79.9. The molecule has 1 aliphatic heterocycles. The summed E-state index contributed by atoms with van der Waals surface area (Å²) < 4.78 is 1.19. The van der Waals surface area contributed by atoms with Crippen molar-refractivity contribution < 1.29 is 0 Å². The summed E-state index contributed by atoms with van der Waals surface area (Å²) in [6.07, 6.45) is 2.62. The largest absolute Gasteiger partial charge is 0.329 e. The lowest BCUT2D eigenvalue weighted by molar-refractivity contribution is 0.0703. The summed E-state index contributed by atoms with van der Waals surface area (Å²) in [5.74, 6) is 0.722. The van der Waals surface area contributed by atoms with E-state index in [-0.39, 0.29) is 0 Å². The highest BCUT2D eigenvalue weighted by Crippen LogP contribution is 2.34. The molecule has 0 radical (unpaired) electrons. The number of nitrogens with two attached hydrogens (primary N) is 1. The van der Waals surface area contributed by atoms with Crippen molar-refractivity contribution in [3.8, 4) is 0 Å². The van der Waals surface area contributed by atoms with Gasteiger partial charge in [-0.05, 0) is 54.2 Å². The van der Waals surface area contributed by atoms with Crippen LogP contribution in [0, 0.1) is 5.92 Å². The van der Waals surface area contributed by atoms with Crippen molar-refractivity contribution >= 4 is 27.3 Å². The first kappa shape index (κ1) is 13.5. The summed E-state index contributed by atoms with van der Waals surface area (Å²) in [5, 5.41) is 2.16. The molecule has 0 aromatic carbocycles. The van der Waals surface area contributed by atoms with Gasteiger partial charge in [0.05, 0.1) is 0 Å². The molecule has 96 valence electrons. The molecule has 4 heteroatoms. The summed E-state index contributed by atoms with van der Waals surface area (Å²) in [7, 11) is 0. The molecule has 0 amide bonds. The van der Waals surface area contributed by atoms with Crippen molar-refractivity contribution in [2.24, 2.45) is 11.7 Å². The molecule has 3 unspecified atom stereocenters. The third kappa shape index (κ3) is 2.92. The van der Waals surface area contributed by atoms with Crippen LogP contribution in [0.5, 0.6) is 0 Å². The Labute approximate surface area is 116 Å². The molecule has 2 N–H and O–H groups in total. The summed E-state index contributed by atoms with van der Waals surface area (Å²) >= 11 is 5.37. The molecule has 1 saturated heterocycles. The number of nitrogens with zero attached hydrogens (tertiary/aromatic N) is 1. The minimum atomic E-state index is 0.489. The Balaban J connectivity index is 2.14. The van der Waals surface area contributed by atoms with Crippen molar-refractivity contribution in [2.45, 2.75) is 38.8 Å². The Kier molecular flexibility index (Phi) is 4.64. The maximum atomic E-state index is 5.96. The molecular weight excluding hydrogens is 296 g/mol. The van der Waals surface area contributed by atoms with Crippen LogP contribution in [0.15, 0.2) is 15.9 Å². The first-order valence-electron chi connectivity index (χ1n) is 6.33. The summed E-state index contributed by atoms with van der Waals surface area (Å²) in [6, 6.07) is 3.27. The number of halogens is 1. The van der Waals surface area contributed by atoms with Gasteiger partial charge in [-0.2, -0.15) is 0 Å². The number of hydrogen-bond donors (Lipinski definition) is 1. The zero-order valence-electron chi connectivity index (χ0n) is 10.5. The van der Waals surface area contributed by atoms with Gasteiger partial charge in [0.2, 0.25) is 0 Å². The van der Waals surface area contributed by atoms with Crippen LogP contribution >= 0.6 is 27.3 Å². The summed E-state index contributed by atoms with van der Waals surface area (Å²) in [5.41, 5.74) is 5.96. The maximum Gasteiger partial charge on any atom is 0.0417 e. The number of thiophene rings is 1. The van der Waals surface area contributed by atoms with E-state index >= 15 is 0 Å². The zero-order valence-corrected chi connectivity index (χ0v) is 12.9. The third-order valence-corrected chi connectivity index (χ3v) is 5.76. The van der Waals surface area contributed by atoms with Crippen LogP contribution in [-0.4, -0.2) is 24.0 Å². The van der Waals surface area contributed by atoms with E-state index in [9.17, 15) is 0 Å². The SMILES string of the molecule is CC1CCCN(C(C)c2cc(Br)cs2)C1CN. The molecule has 0 saturated carbocycles. The van der Waals surface area contributed by atoms with Crippen molar-refractivity contribution in [3.05, 3.63) is 20.8 Å². The topological polar surface area (TPSA) is 29.3 Å². The molecule has 17 heavy (non-hydrogen) atoms. The second kappa shape index (κ2) is 5.83. The van der Waals surface area contributed by atoms with Gasteiger partial charge < -0.3 is 5.73 Å². The predicted octanol–water partition coefficient (Wildman–Crippen LogP) is 3.63. The lowest BCUT2D eigenvalue weighted by Crippen LogP contribution is -2.49. The van der Waals surface area contributed by atoms with Crippen LogP contribution in [0.1, 0.15) is 37.6 Å². The molecule has 3 atom stereocenters. The Morgan fingerprint density at radius 1 is 1.65 bits per heavy atom. The first-order valence-corrected chi connectivity index (χ1v) is 8.00. The second-order valence-corrected chi connectivity index (χ2v) is 6.86. The van der Waals surface area contributed by atoms with Gasteiger partial charge in [-0.15, -0.1) is 11.3 Å². The van der Waals surface area contributed by atoms with Crippen LogP contribution in [0.3, 0.4) is 0 Å². The van der Waals surface area contributed by atoms with Gasteiger partial charge in [0.1, 0.15) is 0 Å². The fraction of sp³-hybridized carbons (Fsp3) is 0.692. The van der Waals surface area contributed by atoms with Crippen molar-refractivity contribution in [2.75, 3.05) is 13.1 Å². The Morgan fingerprint density at radius 2 is 2.41 bits per heavy atom. The van der Waals surface area contributed by atoms with E-state index in [4.69, 9.17) is 5.73 Å². The van der Waals surface area contributed by atoms with E-state index in [1.165, 1.54) is 28.7 Å². The van der Waals surface area contributed by atoms with Crippen LogP contribution in [0.4, 0.5) is 0 Å². The van der Waals surface area contributed by atoms with E-state index in [0.29, 0.717) is 12.1 Å². The molecule has 2 heterocycles. The molecule has 0 aliphatic carbocycles. The molecule has 1 fully saturated rings. The average Bonchev–Trinajstić information content (AvgIpc) is 2.74. The van der Waals surface area contributed by atoms with E-state index < -0.39 is 0 Å². The van der Waals surface area contributed by atoms with Crippen LogP contribution < -0.4 is 5.73 Å². The van der Waals surface area contributed by atoms with Gasteiger partial charge in [-0.1, -0.05) is 6.92 Å². The minimum absolute atomic E-state index is 0.489. The molecule has 1 aromatic rings. The summed E-state index contributed by atoms with van der Waals surface area (Å²) in [4.78, 5) is 4.02. The molecule has 0 bridgehead atoms. The van der Waals surface area contributed by atoms with Crippen LogP contribution in [0.25, 0.3) is 0 Å². The third-order valence-electron chi connectivity index (χ3n) is 3.90. The fourth-order valence-corrected chi connectivity index (χ4v) is 4.36. The smallest absolute Gasteiger partial charge is 0.0417 e. The van der Waals surface area contributed by atoms with Crippen LogP contribution in [-0.2, 0) is 0 Å². The van der Waals surface area contributed by atoms with Crippen molar-refractivity contribution in [1.82, 2.24) is 4.90 Å². The van der Waals surface area contributed by atoms with Crippen LogP contribution in [0.2, 0.25) is 0 Å². The van der Waals surface area contributed by atoms with Crippen molar-refractivity contribution in [1.29, 1.82) is 0 Å². The Morgan fingerprint density at radius 3 is 3.00 bits per heavy atom. The van der Waals surface area contributed by atoms with Gasteiger partial charge in [0.15, 0.2) is 0 Å². The van der Waals surface area contributed by atoms with Gasteiger partial charge >= 0.3 is 0 Å². The van der Waals surface area contributed by atoms with E-state index in [1.54, 1.807) is 0 Å². The number of likely N-dealkylation sites (tertiary alicyclic amines) is 1. The standard InChI is InChI=1S/C13H21BrN2S/c1-9-4-3-5-16(12(9)7-15)10(2)13-6-11(14)8-17-13/h6,8-10,12H,3-5,7,15H2,1-2H3. The van der Waals surface area contributed by atoms with Gasteiger partial charge in [0.25, 0.3) is 0 Å². The minimum Gasteiger partial charge on any atom is -0.329 e. The summed E-state index contributed by atoms with van der Waals surface area (Å²) in [6.45, 7) is 6.60. The zero-order chi connectivity index (χ0) is 12.4. The van der Waals surface area contributed by atoms with E-state index in [1.807, 2.05) is 11.3 Å². The predicted molar refractivity (Wildman–Crippen MR) is 78.4 cm³/mol. The maximum absolute atomic E-state index is 5.96. The number of rotatable bonds is 3. The van der Waals surface area contributed by atoms with E-state index in [2.05, 4.69) is 46.1 Å². The van der Waals surface area contributed by atoms with Crippen molar-refractivity contribution in [3.63, 3.8) is 0 Å². The molecule has 2 nitrogen and oxygen atoms in total. The highest BCUT2D eigenvalue weighted by molar-refractivity contribution is 9.10. The average molecular weight is 317 g/mol. The lowest BCUT2D eigenvalue weighted by Gasteiger charge is -2.42. The fourth-order valence-electron chi connectivity index (χ4n) is 2.84. The molecule has 2 rings (SSSR count). The molecule has 1 aromatic heterocycles. The lowest BCUT2D eigenvalue weighted by atomic mass is 9.89. The van der Waals surface area contributed by atoms with Gasteiger partial charge in [0, 0.05) is 33.4 Å². The quantitative estimate of drug-likeness (QED) is 0.922. The molecular formula is C13H21BrN2S.